The van der Waals surface area contributed by atoms with E-state index < -0.39 is 0 Å². The highest BCUT2D eigenvalue weighted by molar-refractivity contribution is 5.85. The molecule has 1 aliphatic rings. The standard InChI is InChI=1S/C14H20N2O.ClH/c1-16(10-11-5-3-2-4-6-11)14(17)12-7-8-13(15)9-12;/h2-6,12-13H,7-10,15H2,1H3;1H. The fourth-order valence-electron chi connectivity index (χ4n) is 2.49. The Kier molecular flexibility index (Phi) is 5.63. The van der Waals surface area contributed by atoms with Gasteiger partial charge in [0.1, 0.15) is 0 Å². The number of hydrogen-bond acceptors (Lipinski definition) is 2. The summed E-state index contributed by atoms with van der Waals surface area (Å²) in [5.74, 6) is 0.375. The largest absolute Gasteiger partial charge is 0.341 e. The fourth-order valence-corrected chi connectivity index (χ4v) is 2.49. The summed E-state index contributed by atoms with van der Waals surface area (Å²) in [5.41, 5.74) is 7.02. The van der Waals surface area contributed by atoms with Gasteiger partial charge in [0.05, 0.1) is 0 Å². The van der Waals surface area contributed by atoms with Crippen LogP contribution in [0.4, 0.5) is 0 Å². The van der Waals surface area contributed by atoms with E-state index in [4.69, 9.17) is 5.73 Å². The van der Waals surface area contributed by atoms with Gasteiger partial charge in [-0.3, -0.25) is 4.79 Å². The minimum absolute atomic E-state index is 0. The van der Waals surface area contributed by atoms with Crippen molar-refractivity contribution in [1.82, 2.24) is 4.90 Å². The Labute approximate surface area is 115 Å². The normalized spacial score (nSPS) is 22.3. The number of amides is 1. The molecule has 2 N–H and O–H groups in total. The minimum Gasteiger partial charge on any atom is -0.341 e. The number of halogens is 1. The van der Waals surface area contributed by atoms with E-state index >= 15 is 0 Å². The first-order valence-corrected chi connectivity index (χ1v) is 6.21. The molecule has 0 aliphatic heterocycles. The number of nitrogens with two attached hydrogens (primary N) is 1. The van der Waals surface area contributed by atoms with Crippen LogP contribution in [0.1, 0.15) is 24.8 Å². The lowest BCUT2D eigenvalue weighted by atomic mass is 10.1. The topological polar surface area (TPSA) is 46.3 Å². The summed E-state index contributed by atoms with van der Waals surface area (Å²) < 4.78 is 0. The maximum Gasteiger partial charge on any atom is 0.225 e. The Morgan fingerprint density at radius 3 is 2.56 bits per heavy atom. The van der Waals surface area contributed by atoms with Crippen molar-refractivity contribution in [2.24, 2.45) is 11.7 Å². The summed E-state index contributed by atoms with van der Waals surface area (Å²) in [7, 11) is 1.87. The van der Waals surface area contributed by atoms with Gasteiger partial charge in [0.15, 0.2) is 0 Å². The Bertz CT molecular complexity index is 383. The zero-order valence-corrected chi connectivity index (χ0v) is 11.5. The molecule has 1 aliphatic carbocycles. The van der Waals surface area contributed by atoms with Gasteiger partial charge in [-0.1, -0.05) is 30.3 Å². The molecule has 4 heteroatoms. The molecular formula is C14H21ClN2O. The number of carbonyl (C=O) groups is 1. The zero-order chi connectivity index (χ0) is 12.3. The van der Waals surface area contributed by atoms with Crippen molar-refractivity contribution in [3.8, 4) is 0 Å². The lowest BCUT2D eigenvalue weighted by Gasteiger charge is -2.21. The van der Waals surface area contributed by atoms with Gasteiger partial charge in [-0.05, 0) is 24.8 Å². The molecule has 3 nitrogen and oxygen atoms in total. The Morgan fingerprint density at radius 2 is 2.00 bits per heavy atom. The Hall–Kier alpha value is -1.06. The van der Waals surface area contributed by atoms with E-state index in [1.165, 1.54) is 5.56 Å². The fraction of sp³-hybridized carbons (Fsp3) is 0.500. The zero-order valence-electron chi connectivity index (χ0n) is 10.7. The van der Waals surface area contributed by atoms with Crippen molar-refractivity contribution in [2.75, 3.05) is 7.05 Å². The smallest absolute Gasteiger partial charge is 0.225 e. The molecule has 1 aromatic carbocycles. The van der Waals surface area contributed by atoms with Crippen LogP contribution >= 0.6 is 12.4 Å². The Balaban J connectivity index is 0.00000162. The first kappa shape index (κ1) is 15.0. The number of benzene rings is 1. The van der Waals surface area contributed by atoms with Gasteiger partial charge >= 0.3 is 0 Å². The van der Waals surface area contributed by atoms with Gasteiger partial charge in [-0.15, -0.1) is 12.4 Å². The van der Waals surface area contributed by atoms with Crippen LogP contribution in [-0.4, -0.2) is 23.9 Å². The van der Waals surface area contributed by atoms with E-state index in [1.807, 2.05) is 42.3 Å². The third-order valence-corrected chi connectivity index (χ3v) is 3.46. The molecule has 1 aromatic rings. The molecule has 0 bridgehead atoms. The van der Waals surface area contributed by atoms with Gasteiger partial charge in [0, 0.05) is 25.6 Å². The van der Waals surface area contributed by atoms with Crippen molar-refractivity contribution >= 4 is 18.3 Å². The van der Waals surface area contributed by atoms with Crippen molar-refractivity contribution < 1.29 is 4.79 Å². The average molecular weight is 269 g/mol. The predicted molar refractivity (Wildman–Crippen MR) is 75.5 cm³/mol. The van der Waals surface area contributed by atoms with Crippen LogP contribution in [0.25, 0.3) is 0 Å². The molecule has 0 radical (unpaired) electrons. The van der Waals surface area contributed by atoms with Gasteiger partial charge in [-0.2, -0.15) is 0 Å². The monoisotopic (exact) mass is 268 g/mol. The highest BCUT2D eigenvalue weighted by atomic mass is 35.5. The quantitative estimate of drug-likeness (QED) is 0.914. The van der Waals surface area contributed by atoms with Crippen molar-refractivity contribution in [3.05, 3.63) is 35.9 Å². The number of hydrogen-bond donors (Lipinski definition) is 1. The Morgan fingerprint density at radius 1 is 1.33 bits per heavy atom. The molecule has 18 heavy (non-hydrogen) atoms. The highest BCUT2D eigenvalue weighted by Crippen LogP contribution is 2.26. The second-order valence-corrected chi connectivity index (χ2v) is 4.95. The minimum atomic E-state index is 0. The molecule has 0 spiro atoms. The molecule has 2 atom stereocenters. The lowest BCUT2D eigenvalue weighted by molar-refractivity contribution is -0.134. The highest BCUT2D eigenvalue weighted by Gasteiger charge is 2.29. The molecule has 1 amide bonds. The summed E-state index contributed by atoms with van der Waals surface area (Å²) in [6, 6.07) is 10.3. The molecule has 2 rings (SSSR count). The van der Waals surface area contributed by atoms with Crippen molar-refractivity contribution in [3.63, 3.8) is 0 Å². The summed E-state index contributed by atoms with van der Waals surface area (Å²) in [6.45, 7) is 0.686. The summed E-state index contributed by atoms with van der Waals surface area (Å²) in [4.78, 5) is 14.0. The van der Waals surface area contributed by atoms with Gasteiger partial charge in [0.25, 0.3) is 0 Å². The molecule has 0 saturated heterocycles. The maximum atomic E-state index is 12.2. The van der Waals surface area contributed by atoms with Crippen molar-refractivity contribution in [1.29, 1.82) is 0 Å². The van der Waals surface area contributed by atoms with E-state index in [1.54, 1.807) is 0 Å². The van der Waals surface area contributed by atoms with Crippen LogP contribution in [-0.2, 0) is 11.3 Å². The first-order valence-electron chi connectivity index (χ1n) is 6.21. The van der Waals surface area contributed by atoms with E-state index in [-0.39, 0.29) is 30.3 Å². The molecule has 100 valence electrons. The van der Waals surface area contributed by atoms with Crippen LogP contribution in [0, 0.1) is 5.92 Å². The van der Waals surface area contributed by atoms with E-state index in [9.17, 15) is 4.79 Å². The number of nitrogens with zero attached hydrogens (tertiary/aromatic N) is 1. The lowest BCUT2D eigenvalue weighted by Crippen LogP contribution is -2.32. The number of carbonyl (C=O) groups excluding carboxylic acids is 1. The second kappa shape index (κ2) is 6.76. The predicted octanol–water partition coefficient (Wildman–Crippen LogP) is 2.19. The van der Waals surface area contributed by atoms with E-state index in [2.05, 4.69) is 0 Å². The molecule has 0 heterocycles. The van der Waals surface area contributed by atoms with Crippen LogP contribution in [0.2, 0.25) is 0 Å². The van der Waals surface area contributed by atoms with E-state index in [0.29, 0.717) is 6.54 Å². The molecule has 1 saturated carbocycles. The first-order chi connectivity index (χ1) is 8.16. The molecular weight excluding hydrogens is 248 g/mol. The van der Waals surface area contributed by atoms with Gasteiger partial charge in [-0.25, -0.2) is 0 Å². The van der Waals surface area contributed by atoms with Crippen molar-refractivity contribution in [2.45, 2.75) is 31.8 Å². The van der Waals surface area contributed by atoms with Crippen LogP contribution in [0.5, 0.6) is 0 Å². The second-order valence-electron chi connectivity index (χ2n) is 4.95. The average Bonchev–Trinajstić information content (AvgIpc) is 2.76. The van der Waals surface area contributed by atoms with Crippen LogP contribution in [0.3, 0.4) is 0 Å². The molecule has 2 unspecified atom stereocenters. The summed E-state index contributed by atoms with van der Waals surface area (Å²) in [6.07, 6.45) is 2.77. The SMILES string of the molecule is CN(Cc1ccccc1)C(=O)C1CCC(N)C1.Cl. The van der Waals surface area contributed by atoms with Crippen LogP contribution in [0.15, 0.2) is 30.3 Å². The van der Waals surface area contributed by atoms with E-state index in [0.717, 1.165) is 19.3 Å². The maximum absolute atomic E-state index is 12.2. The summed E-state index contributed by atoms with van der Waals surface area (Å²) >= 11 is 0. The summed E-state index contributed by atoms with van der Waals surface area (Å²) in [5, 5.41) is 0. The number of rotatable bonds is 3. The third kappa shape index (κ3) is 3.72. The molecule has 1 fully saturated rings. The van der Waals surface area contributed by atoms with Gasteiger partial charge < -0.3 is 10.6 Å². The molecule has 0 aromatic heterocycles. The van der Waals surface area contributed by atoms with Gasteiger partial charge in [0.2, 0.25) is 5.91 Å². The third-order valence-electron chi connectivity index (χ3n) is 3.46. The van der Waals surface area contributed by atoms with Crippen LogP contribution < -0.4 is 5.73 Å².